The second-order valence-electron chi connectivity index (χ2n) is 8.52. The molecule has 1 amide bonds. The number of fused-ring (bicyclic) bond motifs is 1. The van der Waals surface area contributed by atoms with Crippen LogP contribution < -0.4 is 5.32 Å². The minimum Gasteiger partial charge on any atom is -0.481 e. The van der Waals surface area contributed by atoms with Crippen molar-refractivity contribution in [1.29, 1.82) is 0 Å². The minimum absolute atomic E-state index is 0.122. The van der Waals surface area contributed by atoms with Crippen LogP contribution in [0.1, 0.15) is 48.4 Å². The first-order valence-corrected chi connectivity index (χ1v) is 11.4. The summed E-state index contributed by atoms with van der Waals surface area (Å²) in [6.07, 6.45) is 4.79. The SMILES string of the molecule is O=C(O)C[C@H](C(=O)N1CC[C@@H](CCc2ccc3c(n2)NCCC3)C1)c1cccc(Cl)c1. The van der Waals surface area contributed by atoms with Gasteiger partial charge >= 0.3 is 5.97 Å². The summed E-state index contributed by atoms with van der Waals surface area (Å²) in [6, 6.07) is 11.2. The third-order valence-corrected chi connectivity index (χ3v) is 6.52. The van der Waals surface area contributed by atoms with Gasteiger partial charge in [0.2, 0.25) is 5.91 Å². The number of carboxylic acids is 1. The third-order valence-electron chi connectivity index (χ3n) is 6.29. The zero-order valence-electron chi connectivity index (χ0n) is 17.5. The maximum absolute atomic E-state index is 13.2. The summed E-state index contributed by atoms with van der Waals surface area (Å²) in [5, 5.41) is 13.2. The number of amides is 1. The van der Waals surface area contributed by atoms with Gasteiger partial charge in [0, 0.05) is 30.4 Å². The van der Waals surface area contributed by atoms with E-state index in [0.717, 1.165) is 50.2 Å². The van der Waals surface area contributed by atoms with Crippen LogP contribution in [0.25, 0.3) is 0 Å². The molecule has 2 aliphatic rings. The molecule has 3 heterocycles. The second-order valence-corrected chi connectivity index (χ2v) is 8.96. The Morgan fingerprint density at radius 3 is 2.97 bits per heavy atom. The molecule has 1 aromatic heterocycles. The van der Waals surface area contributed by atoms with Gasteiger partial charge in [0.1, 0.15) is 5.82 Å². The molecular weight excluding hydrogens is 414 g/mol. The molecule has 4 rings (SSSR count). The first-order valence-electron chi connectivity index (χ1n) is 11.0. The number of anilines is 1. The number of benzene rings is 1. The van der Waals surface area contributed by atoms with Crippen LogP contribution in [-0.4, -0.2) is 46.5 Å². The highest BCUT2D eigenvalue weighted by Gasteiger charge is 2.33. The summed E-state index contributed by atoms with van der Waals surface area (Å²) >= 11 is 6.07. The molecule has 0 unspecified atom stereocenters. The Hall–Kier alpha value is -2.60. The van der Waals surface area contributed by atoms with Crippen LogP contribution in [0, 0.1) is 5.92 Å². The quantitative estimate of drug-likeness (QED) is 0.675. The van der Waals surface area contributed by atoms with E-state index in [1.165, 1.54) is 5.56 Å². The average Bonchev–Trinajstić information content (AvgIpc) is 3.24. The van der Waals surface area contributed by atoms with Crippen molar-refractivity contribution in [3.8, 4) is 0 Å². The van der Waals surface area contributed by atoms with Gasteiger partial charge in [-0.05, 0) is 67.3 Å². The highest BCUT2D eigenvalue weighted by atomic mass is 35.5. The Morgan fingerprint density at radius 1 is 1.29 bits per heavy atom. The largest absolute Gasteiger partial charge is 0.481 e. The van der Waals surface area contributed by atoms with E-state index in [4.69, 9.17) is 16.6 Å². The van der Waals surface area contributed by atoms with Gasteiger partial charge in [0.05, 0.1) is 12.3 Å². The molecule has 0 spiro atoms. The summed E-state index contributed by atoms with van der Waals surface area (Å²) in [7, 11) is 0. The van der Waals surface area contributed by atoms with Crippen LogP contribution in [-0.2, 0) is 22.4 Å². The Balaban J connectivity index is 1.36. The van der Waals surface area contributed by atoms with Gasteiger partial charge in [0.25, 0.3) is 0 Å². The number of rotatable bonds is 7. The molecule has 31 heavy (non-hydrogen) atoms. The molecule has 2 aromatic rings. The average molecular weight is 442 g/mol. The number of hydrogen-bond acceptors (Lipinski definition) is 4. The number of carbonyl (C=O) groups is 2. The lowest BCUT2D eigenvalue weighted by Gasteiger charge is -2.23. The van der Waals surface area contributed by atoms with Crippen molar-refractivity contribution in [3.05, 3.63) is 58.2 Å². The lowest BCUT2D eigenvalue weighted by Crippen LogP contribution is -2.34. The fraction of sp³-hybridized carbons (Fsp3) is 0.458. The van der Waals surface area contributed by atoms with Crippen LogP contribution in [0.15, 0.2) is 36.4 Å². The third kappa shape index (κ3) is 5.37. The van der Waals surface area contributed by atoms with Crippen LogP contribution in [0.3, 0.4) is 0 Å². The standard InChI is InChI=1S/C24H28ClN3O3/c25-19-5-1-3-18(13-19)21(14-22(29)30)24(31)28-12-10-16(15-28)6-8-20-9-7-17-4-2-11-26-23(17)27-20/h1,3,5,7,9,13,16,21H,2,4,6,8,10-12,14-15H2,(H,26,27)(H,29,30)/t16-,21+/m1/s1. The summed E-state index contributed by atoms with van der Waals surface area (Å²) in [5.74, 6) is -0.391. The molecule has 2 aliphatic heterocycles. The predicted octanol–water partition coefficient (Wildman–Crippen LogP) is 4.13. The normalized spacial score (nSPS) is 18.9. The van der Waals surface area contributed by atoms with E-state index >= 15 is 0 Å². The van der Waals surface area contributed by atoms with Crippen LogP contribution in [0.5, 0.6) is 0 Å². The molecule has 2 atom stereocenters. The molecular formula is C24H28ClN3O3. The molecule has 164 valence electrons. The van der Waals surface area contributed by atoms with Gasteiger partial charge in [-0.2, -0.15) is 0 Å². The smallest absolute Gasteiger partial charge is 0.304 e. The minimum atomic E-state index is -0.985. The topological polar surface area (TPSA) is 82.5 Å². The Morgan fingerprint density at radius 2 is 2.16 bits per heavy atom. The number of halogens is 1. The number of pyridine rings is 1. The molecule has 0 aliphatic carbocycles. The van der Waals surface area contributed by atoms with Crippen LogP contribution in [0.2, 0.25) is 5.02 Å². The Bertz CT molecular complexity index is 965. The first kappa shape index (κ1) is 21.6. The van der Waals surface area contributed by atoms with Gasteiger partial charge < -0.3 is 15.3 Å². The van der Waals surface area contributed by atoms with Crippen molar-refractivity contribution in [2.24, 2.45) is 5.92 Å². The van der Waals surface area contributed by atoms with E-state index in [1.54, 1.807) is 24.3 Å². The summed E-state index contributed by atoms with van der Waals surface area (Å²) < 4.78 is 0. The van der Waals surface area contributed by atoms with Gasteiger partial charge in [-0.3, -0.25) is 9.59 Å². The highest BCUT2D eigenvalue weighted by Crippen LogP contribution is 2.29. The van der Waals surface area contributed by atoms with Gasteiger partial charge in [-0.15, -0.1) is 0 Å². The zero-order valence-corrected chi connectivity index (χ0v) is 18.3. The van der Waals surface area contributed by atoms with E-state index in [0.29, 0.717) is 29.6 Å². The number of hydrogen-bond donors (Lipinski definition) is 2. The van der Waals surface area contributed by atoms with E-state index in [2.05, 4.69) is 17.4 Å². The van der Waals surface area contributed by atoms with E-state index in [-0.39, 0.29) is 12.3 Å². The molecule has 0 bridgehead atoms. The fourth-order valence-electron chi connectivity index (χ4n) is 4.59. The van der Waals surface area contributed by atoms with E-state index < -0.39 is 11.9 Å². The van der Waals surface area contributed by atoms with Crippen molar-refractivity contribution in [1.82, 2.24) is 9.88 Å². The Kier molecular flexibility index (Phi) is 6.76. The van der Waals surface area contributed by atoms with Gasteiger partial charge in [0.15, 0.2) is 0 Å². The van der Waals surface area contributed by atoms with Gasteiger partial charge in [-0.25, -0.2) is 4.98 Å². The van der Waals surface area contributed by atoms with Crippen molar-refractivity contribution in [3.63, 3.8) is 0 Å². The van der Waals surface area contributed by atoms with E-state index in [1.807, 2.05) is 4.90 Å². The lowest BCUT2D eigenvalue weighted by atomic mass is 9.94. The number of likely N-dealkylation sites (tertiary alicyclic amines) is 1. The number of nitrogens with one attached hydrogen (secondary N) is 1. The highest BCUT2D eigenvalue weighted by molar-refractivity contribution is 6.30. The maximum Gasteiger partial charge on any atom is 0.304 e. The maximum atomic E-state index is 13.2. The van der Waals surface area contributed by atoms with Crippen molar-refractivity contribution >= 4 is 29.3 Å². The Labute approximate surface area is 187 Å². The lowest BCUT2D eigenvalue weighted by molar-refractivity contribution is -0.141. The van der Waals surface area contributed by atoms with Crippen LogP contribution >= 0.6 is 11.6 Å². The molecule has 0 saturated carbocycles. The van der Waals surface area contributed by atoms with Crippen molar-refractivity contribution < 1.29 is 14.7 Å². The molecule has 1 saturated heterocycles. The zero-order chi connectivity index (χ0) is 21.8. The molecule has 1 fully saturated rings. The predicted molar refractivity (Wildman–Crippen MR) is 121 cm³/mol. The first-order chi connectivity index (χ1) is 15.0. The molecule has 1 aromatic carbocycles. The number of nitrogens with zero attached hydrogens (tertiary/aromatic N) is 2. The van der Waals surface area contributed by atoms with Crippen molar-refractivity contribution in [2.75, 3.05) is 25.0 Å². The summed E-state index contributed by atoms with van der Waals surface area (Å²) in [4.78, 5) is 31.2. The molecule has 7 heteroatoms. The van der Waals surface area contributed by atoms with Crippen LogP contribution in [0.4, 0.5) is 5.82 Å². The van der Waals surface area contributed by atoms with Crippen molar-refractivity contribution in [2.45, 2.75) is 44.4 Å². The number of aromatic nitrogens is 1. The number of aliphatic carboxylic acids is 1. The molecule has 6 nitrogen and oxygen atoms in total. The monoisotopic (exact) mass is 441 g/mol. The summed E-state index contributed by atoms with van der Waals surface area (Å²) in [6.45, 7) is 2.31. The summed E-state index contributed by atoms with van der Waals surface area (Å²) in [5.41, 5.74) is 3.04. The fourth-order valence-corrected chi connectivity index (χ4v) is 4.79. The number of carboxylic acid groups (broad SMARTS) is 1. The second kappa shape index (κ2) is 9.69. The molecule has 0 radical (unpaired) electrons. The number of carbonyl (C=O) groups excluding carboxylic acids is 1. The molecule has 2 N–H and O–H groups in total. The van der Waals surface area contributed by atoms with E-state index in [9.17, 15) is 14.7 Å². The number of aryl methyl sites for hydroxylation is 2. The van der Waals surface area contributed by atoms with Gasteiger partial charge in [-0.1, -0.05) is 29.8 Å².